The molecular formula is C21H20Cl2N2O4S. The first kappa shape index (κ1) is 21.2. The smallest absolute Gasteiger partial charge is 0.232 e. The molecule has 2 amide bonds. The zero-order chi connectivity index (χ0) is 21.1. The summed E-state index contributed by atoms with van der Waals surface area (Å²) in [5, 5.41) is 4.10. The van der Waals surface area contributed by atoms with E-state index < -0.39 is 0 Å². The third-order valence-corrected chi connectivity index (χ3v) is 6.82. The van der Waals surface area contributed by atoms with Gasteiger partial charge in [-0.1, -0.05) is 23.2 Å². The Kier molecular flexibility index (Phi) is 6.61. The van der Waals surface area contributed by atoms with Crippen LogP contribution in [-0.2, 0) is 9.59 Å². The number of anilines is 1. The van der Waals surface area contributed by atoms with Crippen molar-refractivity contribution in [2.75, 3.05) is 31.0 Å². The van der Waals surface area contributed by atoms with Gasteiger partial charge in [0.15, 0.2) is 11.5 Å². The lowest BCUT2D eigenvalue weighted by Crippen LogP contribution is -2.42. The SMILES string of the molecule is O=C(Nc1ccc2c(c1)OCO2)C1CCN(C(=O)CSc2cc(Cl)ccc2Cl)CC1. The van der Waals surface area contributed by atoms with E-state index in [2.05, 4.69) is 5.32 Å². The van der Waals surface area contributed by atoms with Crippen LogP contribution in [0.5, 0.6) is 11.5 Å². The van der Waals surface area contributed by atoms with E-state index in [1.165, 1.54) is 11.8 Å². The molecule has 0 spiro atoms. The van der Waals surface area contributed by atoms with Crippen molar-refractivity contribution in [3.8, 4) is 11.5 Å². The van der Waals surface area contributed by atoms with Crippen LogP contribution in [0.2, 0.25) is 10.0 Å². The molecular weight excluding hydrogens is 447 g/mol. The zero-order valence-electron chi connectivity index (χ0n) is 16.0. The third kappa shape index (κ3) is 4.96. The van der Waals surface area contributed by atoms with E-state index in [9.17, 15) is 9.59 Å². The Morgan fingerprint density at radius 3 is 2.63 bits per heavy atom. The first-order valence-electron chi connectivity index (χ1n) is 9.56. The molecule has 0 aliphatic carbocycles. The van der Waals surface area contributed by atoms with Gasteiger partial charge in [-0.2, -0.15) is 0 Å². The maximum absolute atomic E-state index is 12.6. The van der Waals surface area contributed by atoms with E-state index >= 15 is 0 Å². The minimum absolute atomic E-state index is 0.0330. The van der Waals surface area contributed by atoms with E-state index in [0.717, 1.165) is 4.90 Å². The average molecular weight is 467 g/mol. The largest absolute Gasteiger partial charge is 0.454 e. The van der Waals surface area contributed by atoms with Crippen molar-refractivity contribution in [3.63, 3.8) is 0 Å². The number of rotatable bonds is 5. The van der Waals surface area contributed by atoms with Crippen molar-refractivity contribution in [2.24, 2.45) is 5.92 Å². The first-order chi connectivity index (χ1) is 14.5. The molecule has 0 saturated carbocycles. The van der Waals surface area contributed by atoms with Crippen LogP contribution in [0.3, 0.4) is 0 Å². The van der Waals surface area contributed by atoms with Gasteiger partial charge in [-0.15, -0.1) is 11.8 Å². The van der Waals surface area contributed by atoms with E-state index in [-0.39, 0.29) is 30.3 Å². The molecule has 2 aliphatic rings. The number of nitrogens with zero attached hydrogens (tertiary/aromatic N) is 1. The lowest BCUT2D eigenvalue weighted by Gasteiger charge is -2.31. The number of hydrogen-bond donors (Lipinski definition) is 1. The summed E-state index contributed by atoms with van der Waals surface area (Å²) in [6, 6.07) is 10.5. The number of hydrogen-bond acceptors (Lipinski definition) is 5. The van der Waals surface area contributed by atoms with Crippen molar-refractivity contribution in [1.29, 1.82) is 0 Å². The van der Waals surface area contributed by atoms with Crippen molar-refractivity contribution < 1.29 is 19.1 Å². The molecule has 4 rings (SSSR count). The summed E-state index contributed by atoms with van der Waals surface area (Å²) >= 11 is 13.5. The topological polar surface area (TPSA) is 67.9 Å². The van der Waals surface area contributed by atoms with Crippen LogP contribution in [0.25, 0.3) is 0 Å². The summed E-state index contributed by atoms with van der Waals surface area (Å²) in [6.07, 6.45) is 1.26. The fourth-order valence-corrected chi connectivity index (χ4v) is 4.82. The average Bonchev–Trinajstić information content (AvgIpc) is 3.22. The predicted octanol–water partition coefficient (Wildman–Crippen LogP) is 4.69. The van der Waals surface area contributed by atoms with Crippen molar-refractivity contribution in [1.82, 2.24) is 4.90 Å². The summed E-state index contributed by atoms with van der Waals surface area (Å²) in [6.45, 7) is 1.31. The predicted molar refractivity (Wildman–Crippen MR) is 118 cm³/mol. The van der Waals surface area contributed by atoms with Gasteiger partial charge in [0.1, 0.15) is 0 Å². The molecule has 0 radical (unpaired) electrons. The third-order valence-electron chi connectivity index (χ3n) is 5.10. The van der Waals surface area contributed by atoms with Crippen LogP contribution in [0, 0.1) is 5.92 Å². The minimum Gasteiger partial charge on any atom is -0.454 e. The van der Waals surface area contributed by atoms with Crippen molar-refractivity contribution in [2.45, 2.75) is 17.7 Å². The van der Waals surface area contributed by atoms with Crippen LogP contribution < -0.4 is 14.8 Å². The number of thioether (sulfide) groups is 1. The number of benzene rings is 2. The van der Waals surface area contributed by atoms with E-state index in [0.29, 0.717) is 53.2 Å². The zero-order valence-corrected chi connectivity index (χ0v) is 18.4. The standard InChI is InChI=1S/C21H20Cl2N2O4S/c22-14-1-3-16(23)19(9-14)30-11-20(26)25-7-5-13(6-8-25)21(27)24-15-2-4-17-18(10-15)29-12-28-17/h1-4,9-10,13H,5-8,11-12H2,(H,24,27). The van der Waals surface area contributed by atoms with Crippen LogP contribution in [0.15, 0.2) is 41.3 Å². The van der Waals surface area contributed by atoms with Crippen LogP contribution in [0.4, 0.5) is 5.69 Å². The molecule has 1 saturated heterocycles. The van der Waals surface area contributed by atoms with Gasteiger partial charge in [-0.05, 0) is 43.2 Å². The van der Waals surface area contributed by atoms with Gasteiger partial charge in [-0.3, -0.25) is 9.59 Å². The number of likely N-dealkylation sites (tertiary alicyclic amines) is 1. The highest BCUT2D eigenvalue weighted by atomic mass is 35.5. The summed E-state index contributed by atoms with van der Waals surface area (Å²) in [4.78, 5) is 27.7. The lowest BCUT2D eigenvalue weighted by atomic mass is 9.96. The van der Waals surface area contributed by atoms with Crippen LogP contribution >= 0.6 is 35.0 Å². The normalized spacial score (nSPS) is 15.9. The van der Waals surface area contributed by atoms with Crippen LogP contribution in [0.1, 0.15) is 12.8 Å². The Morgan fingerprint density at radius 2 is 1.83 bits per heavy atom. The number of fused-ring (bicyclic) bond motifs is 1. The molecule has 9 heteroatoms. The quantitative estimate of drug-likeness (QED) is 0.647. The van der Waals surface area contributed by atoms with Crippen molar-refractivity contribution >= 4 is 52.5 Å². The molecule has 2 aromatic carbocycles. The number of carbonyl (C=O) groups excluding carboxylic acids is 2. The number of halogens is 2. The summed E-state index contributed by atoms with van der Waals surface area (Å²) in [5.74, 6) is 1.46. The van der Waals surface area contributed by atoms with Gasteiger partial charge in [0.2, 0.25) is 18.6 Å². The summed E-state index contributed by atoms with van der Waals surface area (Å²) in [5.41, 5.74) is 0.678. The molecule has 2 heterocycles. The number of amides is 2. The van der Waals surface area contributed by atoms with Gasteiger partial charge in [-0.25, -0.2) is 0 Å². The van der Waals surface area contributed by atoms with Gasteiger partial charge < -0.3 is 19.7 Å². The number of nitrogens with one attached hydrogen (secondary N) is 1. The highest BCUT2D eigenvalue weighted by molar-refractivity contribution is 8.00. The van der Waals surface area contributed by atoms with Gasteiger partial charge >= 0.3 is 0 Å². The molecule has 0 aromatic heterocycles. The summed E-state index contributed by atoms with van der Waals surface area (Å²) in [7, 11) is 0. The lowest BCUT2D eigenvalue weighted by molar-refractivity contribution is -0.132. The molecule has 6 nitrogen and oxygen atoms in total. The minimum atomic E-state index is -0.130. The molecule has 1 fully saturated rings. The second-order valence-corrected chi connectivity index (χ2v) is 8.94. The molecule has 1 N–H and O–H groups in total. The Labute approximate surface area is 188 Å². The van der Waals surface area contributed by atoms with E-state index in [1.54, 1.807) is 41.3 Å². The maximum Gasteiger partial charge on any atom is 0.232 e. The number of piperidine rings is 1. The summed E-state index contributed by atoms with van der Waals surface area (Å²) < 4.78 is 10.6. The van der Waals surface area contributed by atoms with Gasteiger partial charge in [0.05, 0.1) is 10.8 Å². The number of carbonyl (C=O) groups is 2. The molecule has 30 heavy (non-hydrogen) atoms. The molecule has 0 bridgehead atoms. The second-order valence-electron chi connectivity index (χ2n) is 7.08. The van der Waals surface area contributed by atoms with E-state index in [1.807, 2.05) is 0 Å². The molecule has 2 aliphatic heterocycles. The Morgan fingerprint density at radius 1 is 1.07 bits per heavy atom. The molecule has 0 atom stereocenters. The Hall–Kier alpha value is -2.09. The monoisotopic (exact) mass is 466 g/mol. The first-order valence-corrected chi connectivity index (χ1v) is 11.3. The maximum atomic E-state index is 12.6. The highest BCUT2D eigenvalue weighted by Gasteiger charge is 2.27. The van der Waals surface area contributed by atoms with Crippen molar-refractivity contribution in [3.05, 3.63) is 46.4 Å². The van der Waals surface area contributed by atoms with Gasteiger partial charge in [0.25, 0.3) is 0 Å². The fraction of sp³-hybridized carbons (Fsp3) is 0.333. The molecule has 158 valence electrons. The highest BCUT2D eigenvalue weighted by Crippen LogP contribution is 2.34. The number of ether oxygens (including phenoxy) is 2. The fourth-order valence-electron chi connectivity index (χ4n) is 3.43. The van der Waals surface area contributed by atoms with E-state index in [4.69, 9.17) is 32.7 Å². The molecule has 2 aromatic rings. The Balaban J connectivity index is 1.25. The Bertz CT molecular complexity index is 964. The molecule has 0 unspecified atom stereocenters. The van der Waals surface area contributed by atoms with Crippen LogP contribution in [-0.4, -0.2) is 42.3 Å². The van der Waals surface area contributed by atoms with Gasteiger partial charge in [0, 0.05) is 40.7 Å². The second kappa shape index (κ2) is 9.37.